The predicted molar refractivity (Wildman–Crippen MR) is 63.7 cm³/mol. The summed E-state index contributed by atoms with van der Waals surface area (Å²) in [7, 11) is 0. The van der Waals surface area contributed by atoms with Crippen LogP contribution in [-0.4, -0.2) is 30.0 Å². The van der Waals surface area contributed by atoms with Crippen molar-refractivity contribution in [3.8, 4) is 5.75 Å². The van der Waals surface area contributed by atoms with Crippen LogP contribution in [0.5, 0.6) is 5.75 Å². The van der Waals surface area contributed by atoms with Crippen LogP contribution in [-0.2, 0) is 6.42 Å². The Balaban J connectivity index is 2.34. The molecule has 1 rings (SSSR count). The van der Waals surface area contributed by atoms with Crippen molar-refractivity contribution in [3.63, 3.8) is 0 Å². The molecule has 0 aliphatic carbocycles. The van der Waals surface area contributed by atoms with Gasteiger partial charge in [-0.15, -0.1) is 0 Å². The third-order valence-electron chi connectivity index (χ3n) is 2.41. The molecule has 0 spiro atoms. The summed E-state index contributed by atoms with van der Waals surface area (Å²) in [5.41, 5.74) is 1.05. The number of hydrogen-bond donors (Lipinski definition) is 2. The fourth-order valence-corrected chi connectivity index (χ4v) is 1.54. The summed E-state index contributed by atoms with van der Waals surface area (Å²) in [6, 6.07) is 7.78. The highest BCUT2D eigenvalue weighted by molar-refractivity contribution is 5.33. The summed E-state index contributed by atoms with van der Waals surface area (Å²) in [6.45, 7) is 1.06. The van der Waals surface area contributed by atoms with Crippen LogP contribution < -0.4 is 4.74 Å². The molecule has 0 unspecified atom stereocenters. The first-order valence-corrected chi connectivity index (χ1v) is 5.81. The fourth-order valence-electron chi connectivity index (χ4n) is 1.54. The van der Waals surface area contributed by atoms with Gasteiger partial charge in [-0.2, -0.15) is 0 Å². The molecule has 0 bridgehead atoms. The van der Waals surface area contributed by atoms with Gasteiger partial charge in [0.15, 0.2) is 0 Å². The van der Waals surface area contributed by atoms with Gasteiger partial charge in [-0.25, -0.2) is 0 Å². The maximum Gasteiger partial charge on any atom is 0.122 e. The Morgan fingerprint density at radius 2 is 1.75 bits per heavy atom. The molecular formula is C13H20O3. The molecule has 0 saturated carbocycles. The van der Waals surface area contributed by atoms with Crippen LogP contribution >= 0.6 is 0 Å². The van der Waals surface area contributed by atoms with E-state index in [1.807, 2.05) is 24.3 Å². The normalized spacial score (nSPS) is 10.4. The van der Waals surface area contributed by atoms with Crippen molar-refractivity contribution in [1.29, 1.82) is 0 Å². The minimum absolute atomic E-state index is 0.144. The lowest BCUT2D eigenvalue weighted by atomic mass is 10.1. The van der Waals surface area contributed by atoms with Crippen LogP contribution in [0.3, 0.4) is 0 Å². The van der Waals surface area contributed by atoms with Gasteiger partial charge in [0.2, 0.25) is 0 Å². The molecule has 16 heavy (non-hydrogen) atoms. The van der Waals surface area contributed by atoms with Crippen LogP contribution in [0, 0.1) is 0 Å². The molecule has 3 heteroatoms. The van der Waals surface area contributed by atoms with Gasteiger partial charge in [0, 0.05) is 13.2 Å². The van der Waals surface area contributed by atoms with Crippen molar-refractivity contribution in [1.82, 2.24) is 0 Å². The third kappa shape index (κ3) is 4.64. The van der Waals surface area contributed by atoms with Gasteiger partial charge < -0.3 is 14.9 Å². The molecule has 0 heterocycles. The lowest BCUT2D eigenvalue weighted by Crippen LogP contribution is -2.01. The van der Waals surface area contributed by atoms with Crippen molar-refractivity contribution in [2.24, 2.45) is 0 Å². The molecule has 2 N–H and O–H groups in total. The van der Waals surface area contributed by atoms with Gasteiger partial charge in [0.25, 0.3) is 0 Å². The maximum absolute atomic E-state index is 8.90. The lowest BCUT2D eigenvalue weighted by Gasteiger charge is -2.10. The fraction of sp³-hybridized carbons (Fsp3) is 0.538. The highest BCUT2D eigenvalue weighted by Crippen LogP contribution is 2.18. The summed E-state index contributed by atoms with van der Waals surface area (Å²) < 4.78 is 5.64. The summed E-state index contributed by atoms with van der Waals surface area (Å²) in [5.74, 6) is 0.862. The van der Waals surface area contributed by atoms with Crippen LogP contribution in [0.2, 0.25) is 0 Å². The van der Waals surface area contributed by atoms with E-state index in [-0.39, 0.29) is 13.2 Å². The Morgan fingerprint density at radius 1 is 0.938 bits per heavy atom. The van der Waals surface area contributed by atoms with Crippen molar-refractivity contribution < 1.29 is 14.9 Å². The molecule has 0 atom stereocenters. The van der Waals surface area contributed by atoms with E-state index in [0.29, 0.717) is 13.0 Å². The Kier molecular flexibility index (Phi) is 6.61. The van der Waals surface area contributed by atoms with Crippen LogP contribution in [0.15, 0.2) is 24.3 Å². The van der Waals surface area contributed by atoms with E-state index >= 15 is 0 Å². The largest absolute Gasteiger partial charge is 0.493 e. The van der Waals surface area contributed by atoms with E-state index in [2.05, 4.69) is 0 Å². The zero-order valence-electron chi connectivity index (χ0n) is 9.56. The lowest BCUT2D eigenvalue weighted by molar-refractivity contribution is 0.263. The van der Waals surface area contributed by atoms with E-state index in [1.54, 1.807) is 0 Å². The molecule has 0 aliphatic rings. The molecule has 3 nitrogen and oxygen atoms in total. The number of aliphatic hydroxyl groups excluding tert-OH is 2. The van der Waals surface area contributed by atoms with Gasteiger partial charge in [0.05, 0.1) is 6.61 Å². The topological polar surface area (TPSA) is 49.7 Å². The van der Waals surface area contributed by atoms with E-state index in [4.69, 9.17) is 14.9 Å². The van der Waals surface area contributed by atoms with Gasteiger partial charge in [-0.3, -0.25) is 0 Å². The van der Waals surface area contributed by atoms with Crippen LogP contribution in [0.4, 0.5) is 0 Å². The van der Waals surface area contributed by atoms with Crippen molar-refractivity contribution in [2.45, 2.75) is 25.7 Å². The molecule has 1 aromatic rings. The number of hydrogen-bond acceptors (Lipinski definition) is 3. The number of ether oxygens (including phenoxy) is 1. The van der Waals surface area contributed by atoms with Crippen molar-refractivity contribution in [3.05, 3.63) is 29.8 Å². The zero-order chi connectivity index (χ0) is 11.6. The highest BCUT2D eigenvalue weighted by atomic mass is 16.5. The van der Waals surface area contributed by atoms with E-state index in [1.165, 1.54) is 0 Å². The molecule has 0 radical (unpaired) electrons. The van der Waals surface area contributed by atoms with Crippen molar-refractivity contribution >= 4 is 0 Å². The smallest absolute Gasteiger partial charge is 0.122 e. The maximum atomic E-state index is 8.90. The monoisotopic (exact) mass is 224 g/mol. The second-order valence-electron chi connectivity index (χ2n) is 3.71. The summed E-state index contributed by atoms with van der Waals surface area (Å²) >= 11 is 0. The van der Waals surface area contributed by atoms with Crippen molar-refractivity contribution in [2.75, 3.05) is 19.8 Å². The zero-order valence-corrected chi connectivity index (χ0v) is 9.56. The van der Waals surface area contributed by atoms with E-state index in [9.17, 15) is 0 Å². The second kappa shape index (κ2) is 8.13. The summed E-state index contributed by atoms with van der Waals surface area (Å²) in [6.07, 6.45) is 3.40. The molecule has 0 saturated heterocycles. The standard InChI is InChI=1S/C13H20O3/c14-9-4-1-5-11-16-13-7-3-2-6-12(13)8-10-15/h2-3,6-7,14-15H,1,4-5,8-11H2. The Labute approximate surface area is 96.7 Å². The number of unbranched alkanes of at least 4 members (excludes halogenated alkanes) is 2. The average Bonchev–Trinajstić information content (AvgIpc) is 2.31. The average molecular weight is 224 g/mol. The summed E-state index contributed by atoms with van der Waals surface area (Å²) in [5, 5.41) is 17.5. The Morgan fingerprint density at radius 3 is 2.50 bits per heavy atom. The molecular weight excluding hydrogens is 204 g/mol. The molecule has 1 aromatic carbocycles. The Hall–Kier alpha value is -1.06. The summed E-state index contributed by atoms with van der Waals surface area (Å²) in [4.78, 5) is 0. The Bertz CT molecular complexity index is 286. The van der Waals surface area contributed by atoms with E-state index in [0.717, 1.165) is 30.6 Å². The first-order chi connectivity index (χ1) is 7.88. The van der Waals surface area contributed by atoms with Crippen LogP contribution in [0.25, 0.3) is 0 Å². The van der Waals surface area contributed by atoms with Gasteiger partial charge in [0.1, 0.15) is 5.75 Å². The molecule has 0 amide bonds. The number of aliphatic hydroxyl groups is 2. The molecule has 0 aliphatic heterocycles. The first kappa shape index (κ1) is 13.0. The van der Waals surface area contributed by atoms with Gasteiger partial charge in [-0.1, -0.05) is 18.2 Å². The predicted octanol–water partition coefficient (Wildman–Crippen LogP) is 1.76. The number of rotatable bonds is 8. The second-order valence-corrected chi connectivity index (χ2v) is 3.71. The SMILES string of the molecule is OCCCCCOc1ccccc1CCO. The molecule has 0 fully saturated rings. The van der Waals surface area contributed by atoms with Crippen LogP contribution in [0.1, 0.15) is 24.8 Å². The minimum atomic E-state index is 0.144. The molecule has 0 aromatic heterocycles. The molecule has 90 valence electrons. The van der Waals surface area contributed by atoms with Gasteiger partial charge >= 0.3 is 0 Å². The highest BCUT2D eigenvalue weighted by Gasteiger charge is 2.01. The number of para-hydroxylation sites is 1. The first-order valence-electron chi connectivity index (χ1n) is 5.81. The quantitative estimate of drug-likeness (QED) is 0.662. The van der Waals surface area contributed by atoms with Gasteiger partial charge in [-0.05, 0) is 37.3 Å². The minimum Gasteiger partial charge on any atom is -0.493 e. The third-order valence-corrected chi connectivity index (χ3v) is 2.41. The van der Waals surface area contributed by atoms with E-state index < -0.39 is 0 Å². The number of benzene rings is 1.